The number of ether oxygens (including phenoxy) is 1. The van der Waals surface area contributed by atoms with Crippen LogP contribution < -0.4 is 4.74 Å². The van der Waals surface area contributed by atoms with Gasteiger partial charge in [-0.25, -0.2) is 0 Å². The van der Waals surface area contributed by atoms with E-state index in [9.17, 15) is 9.59 Å². The lowest BCUT2D eigenvalue weighted by Gasteiger charge is -2.34. The Morgan fingerprint density at radius 2 is 1.79 bits per heavy atom. The van der Waals surface area contributed by atoms with Crippen LogP contribution in [0.4, 0.5) is 0 Å². The highest BCUT2D eigenvalue weighted by atomic mass is 16.5. The van der Waals surface area contributed by atoms with Crippen molar-refractivity contribution in [1.82, 2.24) is 20.0 Å². The zero-order valence-corrected chi connectivity index (χ0v) is 15.2. The van der Waals surface area contributed by atoms with Crippen molar-refractivity contribution in [3.05, 3.63) is 60.5 Å². The molecule has 1 aromatic carbocycles. The molecular formula is C20H20N4O4. The Labute approximate surface area is 161 Å². The van der Waals surface area contributed by atoms with E-state index in [1.165, 1.54) is 0 Å². The number of para-hydroxylation sites is 1. The summed E-state index contributed by atoms with van der Waals surface area (Å²) in [6.45, 7) is 1.85. The second kappa shape index (κ2) is 7.99. The van der Waals surface area contributed by atoms with E-state index < -0.39 is 0 Å². The van der Waals surface area contributed by atoms with Crippen molar-refractivity contribution in [3.63, 3.8) is 0 Å². The Balaban J connectivity index is 1.29. The van der Waals surface area contributed by atoms with Crippen molar-refractivity contribution in [3.8, 4) is 17.2 Å². The van der Waals surface area contributed by atoms with Gasteiger partial charge in [0.2, 0.25) is 0 Å². The number of nitrogens with zero attached hydrogens (tertiary/aromatic N) is 3. The van der Waals surface area contributed by atoms with Crippen molar-refractivity contribution in [1.29, 1.82) is 0 Å². The summed E-state index contributed by atoms with van der Waals surface area (Å²) < 4.78 is 10.8. The van der Waals surface area contributed by atoms with Gasteiger partial charge in [0.1, 0.15) is 11.4 Å². The lowest BCUT2D eigenvalue weighted by molar-refractivity contribution is -0.134. The molecule has 4 rings (SSSR count). The number of nitrogens with one attached hydrogen (secondary N) is 1. The average Bonchev–Trinajstić information content (AvgIpc) is 3.44. The van der Waals surface area contributed by atoms with Gasteiger partial charge in [-0.05, 0) is 24.3 Å². The number of carbonyl (C=O) groups excluding carboxylic acids is 2. The molecule has 0 spiro atoms. The first-order valence-electron chi connectivity index (χ1n) is 9.05. The van der Waals surface area contributed by atoms with E-state index in [1.54, 1.807) is 34.3 Å². The molecular weight excluding hydrogens is 360 g/mol. The molecule has 0 saturated carbocycles. The average molecular weight is 380 g/mol. The van der Waals surface area contributed by atoms with Crippen LogP contribution >= 0.6 is 0 Å². The Hall–Kier alpha value is -3.55. The van der Waals surface area contributed by atoms with Crippen LogP contribution in [0.3, 0.4) is 0 Å². The molecule has 0 atom stereocenters. The van der Waals surface area contributed by atoms with Crippen molar-refractivity contribution in [2.75, 3.05) is 32.8 Å². The normalized spacial score (nSPS) is 14.1. The van der Waals surface area contributed by atoms with Gasteiger partial charge in [-0.3, -0.25) is 14.7 Å². The molecule has 1 aliphatic heterocycles. The van der Waals surface area contributed by atoms with Crippen molar-refractivity contribution in [2.24, 2.45) is 0 Å². The van der Waals surface area contributed by atoms with E-state index in [-0.39, 0.29) is 18.4 Å². The smallest absolute Gasteiger partial charge is 0.274 e. The predicted molar refractivity (Wildman–Crippen MR) is 101 cm³/mol. The quantitative estimate of drug-likeness (QED) is 0.731. The third kappa shape index (κ3) is 3.90. The standard InChI is InChI=1S/C20H20N4O4/c25-19(14-28-15-5-2-1-3-6-15)23-8-10-24(11-9-23)20(26)17-13-16(21-22-17)18-7-4-12-27-18/h1-7,12-13H,8-11,14H2,(H,21,22). The number of hydrogen-bond donors (Lipinski definition) is 1. The fourth-order valence-corrected chi connectivity index (χ4v) is 3.06. The first-order valence-corrected chi connectivity index (χ1v) is 9.05. The Kier molecular flexibility index (Phi) is 5.09. The predicted octanol–water partition coefficient (Wildman–Crippen LogP) is 2.03. The maximum Gasteiger partial charge on any atom is 0.274 e. The van der Waals surface area contributed by atoms with E-state index in [2.05, 4.69) is 10.2 Å². The number of furan rings is 1. The molecule has 1 fully saturated rings. The zero-order valence-electron chi connectivity index (χ0n) is 15.2. The van der Waals surface area contributed by atoms with Crippen LogP contribution in [0.5, 0.6) is 5.75 Å². The Bertz CT molecular complexity index is 928. The summed E-state index contributed by atoms with van der Waals surface area (Å²) >= 11 is 0. The number of piperazine rings is 1. The molecule has 3 aromatic rings. The third-order valence-electron chi connectivity index (χ3n) is 4.61. The summed E-state index contributed by atoms with van der Waals surface area (Å²) in [5, 5.41) is 6.90. The van der Waals surface area contributed by atoms with Gasteiger partial charge in [-0.1, -0.05) is 18.2 Å². The minimum atomic E-state index is -0.165. The maximum absolute atomic E-state index is 12.7. The molecule has 144 valence electrons. The molecule has 28 heavy (non-hydrogen) atoms. The summed E-state index contributed by atoms with van der Waals surface area (Å²) in [5.41, 5.74) is 0.985. The molecule has 2 amide bonds. The fraction of sp³-hybridized carbons (Fsp3) is 0.250. The molecule has 1 N–H and O–H groups in total. The maximum atomic E-state index is 12.7. The summed E-state index contributed by atoms with van der Waals surface area (Å²) in [6.07, 6.45) is 1.56. The van der Waals surface area contributed by atoms with Crippen LogP contribution in [0.25, 0.3) is 11.5 Å². The van der Waals surface area contributed by atoms with Gasteiger partial charge in [0, 0.05) is 32.2 Å². The van der Waals surface area contributed by atoms with Gasteiger partial charge in [0.05, 0.1) is 6.26 Å². The molecule has 8 nitrogen and oxygen atoms in total. The number of aromatic nitrogens is 2. The monoisotopic (exact) mass is 380 g/mol. The lowest BCUT2D eigenvalue weighted by Crippen LogP contribution is -2.51. The van der Waals surface area contributed by atoms with Crippen LogP contribution in [0.15, 0.2) is 59.2 Å². The van der Waals surface area contributed by atoms with Gasteiger partial charge in [0.25, 0.3) is 11.8 Å². The SMILES string of the molecule is O=C(COc1ccccc1)N1CCN(C(=O)c2cc(-c3ccco3)[nH]n2)CC1. The van der Waals surface area contributed by atoms with Gasteiger partial charge in [-0.15, -0.1) is 0 Å². The second-order valence-electron chi connectivity index (χ2n) is 6.42. The highest BCUT2D eigenvalue weighted by Gasteiger charge is 2.26. The van der Waals surface area contributed by atoms with Gasteiger partial charge < -0.3 is 19.0 Å². The molecule has 0 radical (unpaired) electrons. The highest BCUT2D eigenvalue weighted by Crippen LogP contribution is 2.19. The molecule has 2 aromatic heterocycles. The van der Waals surface area contributed by atoms with Crippen LogP contribution in [0, 0.1) is 0 Å². The van der Waals surface area contributed by atoms with Crippen molar-refractivity contribution in [2.45, 2.75) is 0 Å². The topological polar surface area (TPSA) is 91.7 Å². The molecule has 0 aliphatic carbocycles. The minimum absolute atomic E-state index is 0.0101. The zero-order chi connectivity index (χ0) is 19.3. The first kappa shape index (κ1) is 17.8. The van der Waals surface area contributed by atoms with Crippen LogP contribution in [-0.2, 0) is 4.79 Å². The van der Waals surface area contributed by atoms with Gasteiger partial charge in [0.15, 0.2) is 18.1 Å². The number of H-pyrrole nitrogens is 1. The molecule has 1 aliphatic rings. The number of amides is 2. The molecule has 0 unspecified atom stereocenters. The summed E-state index contributed by atoms with van der Waals surface area (Å²) in [4.78, 5) is 28.4. The highest BCUT2D eigenvalue weighted by molar-refractivity contribution is 5.93. The lowest BCUT2D eigenvalue weighted by atomic mass is 10.2. The van der Waals surface area contributed by atoms with Crippen molar-refractivity contribution >= 4 is 11.8 Å². The molecule has 0 bridgehead atoms. The van der Waals surface area contributed by atoms with Crippen molar-refractivity contribution < 1.29 is 18.7 Å². The molecule has 3 heterocycles. The minimum Gasteiger partial charge on any atom is -0.484 e. The number of aromatic amines is 1. The van der Waals surface area contributed by atoms with E-state index >= 15 is 0 Å². The van der Waals surface area contributed by atoms with Gasteiger partial charge in [-0.2, -0.15) is 5.10 Å². The van der Waals surface area contributed by atoms with E-state index in [1.807, 2.05) is 30.3 Å². The summed E-state index contributed by atoms with van der Waals surface area (Å²) in [7, 11) is 0. The fourth-order valence-electron chi connectivity index (χ4n) is 3.06. The van der Waals surface area contributed by atoms with Gasteiger partial charge >= 0.3 is 0 Å². The number of hydrogen-bond acceptors (Lipinski definition) is 5. The number of benzene rings is 1. The van der Waals surface area contributed by atoms with E-state index in [0.717, 1.165) is 0 Å². The largest absolute Gasteiger partial charge is 0.484 e. The molecule has 8 heteroatoms. The Morgan fingerprint density at radius 1 is 1.04 bits per heavy atom. The summed E-state index contributed by atoms with van der Waals surface area (Å²) in [5.74, 6) is 1.04. The van der Waals surface area contributed by atoms with E-state index in [0.29, 0.717) is 49.1 Å². The third-order valence-corrected chi connectivity index (χ3v) is 4.61. The summed E-state index contributed by atoms with van der Waals surface area (Å²) in [6, 6.07) is 14.5. The molecule has 1 saturated heterocycles. The van der Waals surface area contributed by atoms with Crippen LogP contribution in [-0.4, -0.2) is 64.6 Å². The number of carbonyl (C=O) groups is 2. The Morgan fingerprint density at radius 3 is 2.50 bits per heavy atom. The van der Waals surface area contributed by atoms with Crippen LogP contribution in [0.2, 0.25) is 0 Å². The first-order chi connectivity index (χ1) is 13.7. The van der Waals surface area contributed by atoms with E-state index in [4.69, 9.17) is 9.15 Å². The second-order valence-corrected chi connectivity index (χ2v) is 6.42. The number of rotatable bonds is 5. The van der Waals surface area contributed by atoms with Crippen LogP contribution in [0.1, 0.15) is 10.5 Å².